The van der Waals surface area contributed by atoms with E-state index in [9.17, 15) is 4.39 Å². The second-order valence-corrected chi connectivity index (χ2v) is 6.02. The van der Waals surface area contributed by atoms with Crippen LogP contribution in [0.3, 0.4) is 0 Å². The molecular weight excluding hydrogens is 294 g/mol. The number of hydrogen-bond acceptors (Lipinski definition) is 3. The summed E-state index contributed by atoms with van der Waals surface area (Å²) in [4.78, 5) is 1.07. The quantitative estimate of drug-likeness (QED) is 0.787. The van der Waals surface area contributed by atoms with Crippen LogP contribution in [0, 0.1) is 5.82 Å². The largest absolute Gasteiger partial charge is 0.397 e. The number of nitrogens with two attached hydrogens (primary N) is 1. The summed E-state index contributed by atoms with van der Waals surface area (Å²) >= 11 is 13.1. The minimum absolute atomic E-state index is 0.0197. The number of hydrogen-bond donors (Lipinski definition) is 2. The fraction of sp³-hybridized carbons (Fsp3) is 0.167. The molecule has 6 heteroatoms. The second kappa shape index (κ2) is 5.34. The van der Waals surface area contributed by atoms with Crippen molar-refractivity contribution in [2.75, 3.05) is 11.1 Å². The molecule has 1 atom stereocenters. The van der Waals surface area contributed by atoms with Crippen molar-refractivity contribution in [2.45, 2.75) is 13.0 Å². The molecule has 0 spiro atoms. The van der Waals surface area contributed by atoms with Crippen molar-refractivity contribution in [3.8, 4) is 0 Å². The average molecular weight is 305 g/mol. The number of rotatable bonds is 3. The van der Waals surface area contributed by atoms with Crippen molar-refractivity contribution in [1.82, 2.24) is 0 Å². The minimum Gasteiger partial charge on any atom is -0.397 e. The highest BCUT2D eigenvalue weighted by Crippen LogP contribution is 2.32. The Hall–Kier alpha value is -0.970. The van der Waals surface area contributed by atoms with E-state index in [1.807, 2.05) is 19.1 Å². The van der Waals surface area contributed by atoms with Crippen molar-refractivity contribution < 1.29 is 4.39 Å². The molecule has 0 aliphatic rings. The molecule has 0 saturated carbocycles. The van der Waals surface area contributed by atoms with Gasteiger partial charge in [-0.15, -0.1) is 11.3 Å². The lowest BCUT2D eigenvalue weighted by Gasteiger charge is -2.16. The number of anilines is 2. The Morgan fingerprint density at radius 1 is 1.33 bits per heavy atom. The van der Waals surface area contributed by atoms with Crippen LogP contribution >= 0.6 is 34.5 Å². The van der Waals surface area contributed by atoms with Crippen molar-refractivity contribution >= 4 is 45.9 Å². The van der Waals surface area contributed by atoms with Crippen LogP contribution in [-0.4, -0.2) is 0 Å². The number of thiophene rings is 1. The van der Waals surface area contributed by atoms with Crippen LogP contribution in [0.2, 0.25) is 9.36 Å². The third-order valence-electron chi connectivity index (χ3n) is 2.49. The van der Waals surface area contributed by atoms with Crippen LogP contribution < -0.4 is 11.1 Å². The van der Waals surface area contributed by atoms with Crippen molar-refractivity contribution in [1.29, 1.82) is 0 Å². The summed E-state index contributed by atoms with van der Waals surface area (Å²) in [5, 5.41) is 3.23. The monoisotopic (exact) mass is 304 g/mol. The second-order valence-electron chi connectivity index (χ2n) is 3.86. The smallest absolute Gasteiger partial charge is 0.143 e. The first-order chi connectivity index (χ1) is 8.47. The van der Waals surface area contributed by atoms with Gasteiger partial charge in [0, 0.05) is 10.9 Å². The van der Waals surface area contributed by atoms with Gasteiger partial charge < -0.3 is 11.1 Å². The topological polar surface area (TPSA) is 38.0 Å². The Balaban J connectivity index is 2.21. The Morgan fingerprint density at radius 3 is 2.67 bits per heavy atom. The number of halogens is 3. The molecule has 1 aromatic carbocycles. The standard InChI is InChI=1S/C12H11Cl2FN2S/c1-6(11-2-3-12(14)18-11)17-10-4-7(13)8(15)5-9(10)16/h2-6,17H,16H2,1H3. The first kappa shape index (κ1) is 13.5. The van der Waals surface area contributed by atoms with Gasteiger partial charge >= 0.3 is 0 Å². The van der Waals surface area contributed by atoms with Crippen LogP contribution in [-0.2, 0) is 0 Å². The summed E-state index contributed by atoms with van der Waals surface area (Å²) < 4.78 is 13.9. The normalized spacial score (nSPS) is 12.4. The summed E-state index contributed by atoms with van der Waals surface area (Å²) in [7, 11) is 0. The van der Waals surface area contributed by atoms with Gasteiger partial charge in [0.25, 0.3) is 0 Å². The first-order valence-corrected chi connectivity index (χ1v) is 6.81. The van der Waals surface area contributed by atoms with Gasteiger partial charge in [0.15, 0.2) is 0 Å². The van der Waals surface area contributed by atoms with E-state index in [0.29, 0.717) is 11.4 Å². The van der Waals surface area contributed by atoms with E-state index >= 15 is 0 Å². The number of benzene rings is 1. The Labute approximate surface area is 119 Å². The molecule has 96 valence electrons. The summed E-state index contributed by atoms with van der Waals surface area (Å²) in [6, 6.07) is 6.48. The van der Waals surface area contributed by atoms with Gasteiger partial charge in [-0.3, -0.25) is 0 Å². The molecule has 2 nitrogen and oxygen atoms in total. The molecule has 0 fully saturated rings. The van der Waals surface area contributed by atoms with Gasteiger partial charge in [0.05, 0.1) is 26.8 Å². The molecule has 0 saturated heterocycles. The highest BCUT2D eigenvalue weighted by Gasteiger charge is 2.12. The molecular formula is C12H11Cl2FN2S. The van der Waals surface area contributed by atoms with E-state index in [-0.39, 0.29) is 11.1 Å². The van der Waals surface area contributed by atoms with Gasteiger partial charge in [0.2, 0.25) is 0 Å². The van der Waals surface area contributed by atoms with E-state index in [0.717, 1.165) is 9.21 Å². The third kappa shape index (κ3) is 2.88. The van der Waals surface area contributed by atoms with Gasteiger partial charge in [-0.25, -0.2) is 4.39 Å². The predicted molar refractivity (Wildman–Crippen MR) is 77.2 cm³/mol. The van der Waals surface area contributed by atoms with Crippen molar-refractivity contribution in [3.63, 3.8) is 0 Å². The first-order valence-electron chi connectivity index (χ1n) is 5.23. The highest BCUT2D eigenvalue weighted by atomic mass is 35.5. The Morgan fingerprint density at radius 2 is 2.06 bits per heavy atom. The molecule has 2 rings (SSSR count). The van der Waals surface area contributed by atoms with Gasteiger partial charge in [-0.2, -0.15) is 0 Å². The molecule has 0 bridgehead atoms. The van der Waals surface area contributed by atoms with Crippen molar-refractivity contribution in [2.24, 2.45) is 0 Å². The van der Waals surface area contributed by atoms with E-state index in [4.69, 9.17) is 28.9 Å². The predicted octanol–water partition coefficient (Wildman–Crippen LogP) is 4.95. The molecule has 3 N–H and O–H groups in total. The van der Waals surface area contributed by atoms with Crippen LogP contribution in [0.25, 0.3) is 0 Å². The Kier molecular flexibility index (Phi) is 4.00. The van der Waals surface area contributed by atoms with Crippen molar-refractivity contribution in [3.05, 3.63) is 44.3 Å². The Bertz CT molecular complexity index is 571. The summed E-state index contributed by atoms with van der Waals surface area (Å²) in [5.74, 6) is -0.522. The minimum atomic E-state index is -0.522. The summed E-state index contributed by atoms with van der Waals surface area (Å²) in [5.41, 5.74) is 6.67. The lowest BCUT2D eigenvalue weighted by atomic mass is 10.2. The van der Waals surface area contributed by atoms with Gasteiger partial charge in [-0.1, -0.05) is 23.2 Å². The van der Waals surface area contributed by atoms with E-state index in [2.05, 4.69) is 5.32 Å². The van der Waals surface area contributed by atoms with E-state index in [1.165, 1.54) is 23.5 Å². The molecule has 18 heavy (non-hydrogen) atoms. The molecule has 1 unspecified atom stereocenters. The molecule has 0 aliphatic carbocycles. The molecule has 0 amide bonds. The SMILES string of the molecule is CC(Nc1cc(Cl)c(F)cc1N)c1ccc(Cl)s1. The number of nitrogen functional groups attached to an aromatic ring is 1. The van der Waals surface area contributed by atoms with Gasteiger partial charge in [0.1, 0.15) is 5.82 Å². The lowest BCUT2D eigenvalue weighted by molar-refractivity contribution is 0.629. The molecule has 1 heterocycles. The molecule has 2 aromatic rings. The zero-order chi connectivity index (χ0) is 13.3. The van der Waals surface area contributed by atoms with Crippen LogP contribution in [0.5, 0.6) is 0 Å². The zero-order valence-corrected chi connectivity index (χ0v) is 11.8. The van der Waals surface area contributed by atoms with E-state index < -0.39 is 5.82 Å². The lowest BCUT2D eigenvalue weighted by Crippen LogP contribution is -2.07. The fourth-order valence-corrected chi connectivity index (χ4v) is 2.78. The fourth-order valence-electron chi connectivity index (χ4n) is 1.55. The van der Waals surface area contributed by atoms with Crippen LogP contribution in [0.4, 0.5) is 15.8 Å². The maximum atomic E-state index is 13.2. The van der Waals surface area contributed by atoms with E-state index in [1.54, 1.807) is 0 Å². The summed E-state index contributed by atoms with van der Waals surface area (Å²) in [6.45, 7) is 1.97. The maximum absolute atomic E-state index is 13.2. The average Bonchev–Trinajstić information content (AvgIpc) is 2.73. The molecule has 1 aromatic heterocycles. The highest BCUT2D eigenvalue weighted by molar-refractivity contribution is 7.16. The maximum Gasteiger partial charge on any atom is 0.143 e. The molecule has 0 aliphatic heterocycles. The summed E-state index contributed by atoms with van der Waals surface area (Å²) in [6.07, 6.45) is 0. The molecule has 0 radical (unpaired) electrons. The van der Waals surface area contributed by atoms with Crippen LogP contribution in [0.15, 0.2) is 24.3 Å². The third-order valence-corrected chi connectivity index (χ3v) is 4.19. The van der Waals surface area contributed by atoms with Gasteiger partial charge in [-0.05, 0) is 25.1 Å². The number of nitrogens with one attached hydrogen (secondary N) is 1. The van der Waals surface area contributed by atoms with Crippen LogP contribution in [0.1, 0.15) is 17.8 Å². The zero-order valence-electron chi connectivity index (χ0n) is 9.51.